The molecule has 0 saturated heterocycles. The molecule has 0 bridgehead atoms. The van der Waals surface area contributed by atoms with Gasteiger partial charge < -0.3 is 10.6 Å². The molecular formula is C17H21N3O3S. The van der Waals surface area contributed by atoms with Crippen molar-refractivity contribution in [3.05, 3.63) is 54.1 Å². The lowest BCUT2D eigenvalue weighted by molar-refractivity contribution is 0.254. The van der Waals surface area contributed by atoms with Gasteiger partial charge in [0.2, 0.25) is 0 Å². The molecule has 0 atom stereocenters. The van der Waals surface area contributed by atoms with Gasteiger partial charge in [-0.25, -0.2) is 13.2 Å². The predicted octanol–water partition coefficient (Wildman–Crippen LogP) is 3.19. The van der Waals surface area contributed by atoms with Gasteiger partial charge in [0.05, 0.1) is 4.90 Å². The van der Waals surface area contributed by atoms with Crippen molar-refractivity contribution in [3.63, 3.8) is 0 Å². The number of sulfonamides is 1. The molecule has 2 amide bonds. The maximum absolute atomic E-state index is 12.4. The first kappa shape index (κ1) is 17.8. The van der Waals surface area contributed by atoms with Crippen LogP contribution in [-0.2, 0) is 16.4 Å². The van der Waals surface area contributed by atoms with Crippen LogP contribution >= 0.6 is 0 Å². The summed E-state index contributed by atoms with van der Waals surface area (Å²) in [4.78, 5) is 11.4. The molecule has 0 aliphatic rings. The number of anilines is 2. The number of benzene rings is 2. The van der Waals surface area contributed by atoms with E-state index in [2.05, 4.69) is 22.3 Å². The minimum atomic E-state index is -3.64. The maximum Gasteiger partial charge on any atom is 0.318 e. The molecule has 0 spiro atoms. The Bertz CT molecular complexity index is 785. The van der Waals surface area contributed by atoms with E-state index in [1.807, 2.05) is 12.1 Å². The first-order valence-electron chi connectivity index (χ1n) is 7.65. The van der Waals surface area contributed by atoms with Gasteiger partial charge in [0.15, 0.2) is 0 Å². The highest BCUT2D eigenvalue weighted by Crippen LogP contribution is 2.19. The van der Waals surface area contributed by atoms with Crippen molar-refractivity contribution >= 4 is 27.4 Å². The Morgan fingerprint density at radius 2 is 1.54 bits per heavy atom. The standard InChI is InChI=1S/C17H21N3O3S/c1-3-4-13-5-11-16(12-6-13)24(22,23)20-15-9-7-14(8-10-15)19-17(21)18-2/h5-12,20H,3-4H2,1-2H3,(H2,18,19,21). The van der Waals surface area contributed by atoms with Crippen molar-refractivity contribution in [2.24, 2.45) is 0 Å². The van der Waals surface area contributed by atoms with Crippen molar-refractivity contribution in [1.29, 1.82) is 0 Å². The molecule has 2 rings (SSSR count). The molecule has 0 aliphatic heterocycles. The van der Waals surface area contributed by atoms with Gasteiger partial charge in [-0.1, -0.05) is 25.5 Å². The zero-order valence-corrected chi connectivity index (χ0v) is 14.5. The van der Waals surface area contributed by atoms with Crippen molar-refractivity contribution in [1.82, 2.24) is 5.32 Å². The molecule has 2 aromatic carbocycles. The highest BCUT2D eigenvalue weighted by Gasteiger charge is 2.14. The Morgan fingerprint density at radius 3 is 2.08 bits per heavy atom. The fourth-order valence-corrected chi connectivity index (χ4v) is 3.21. The summed E-state index contributed by atoms with van der Waals surface area (Å²) in [6.45, 7) is 2.08. The van der Waals surface area contributed by atoms with Gasteiger partial charge >= 0.3 is 6.03 Å². The van der Waals surface area contributed by atoms with Crippen LogP contribution in [0.15, 0.2) is 53.4 Å². The van der Waals surface area contributed by atoms with Crippen LogP contribution in [-0.4, -0.2) is 21.5 Å². The topological polar surface area (TPSA) is 87.3 Å². The number of hydrogen-bond acceptors (Lipinski definition) is 3. The SMILES string of the molecule is CCCc1ccc(S(=O)(=O)Nc2ccc(NC(=O)NC)cc2)cc1. The van der Waals surface area contributed by atoms with E-state index in [0.29, 0.717) is 11.4 Å². The van der Waals surface area contributed by atoms with E-state index < -0.39 is 10.0 Å². The third-order valence-electron chi connectivity index (χ3n) is 3.39. The summed E-state index contributed by atoms with van der Waals surface area (Å²) in [5.74, 6) is 0. The van der Waals surface area contributed by atoms with E-state index in [0.717, 1.165) is 18.4 Å². The molecular weight excluding hydrogens is 326 g/mol. The lowest BCUT2D eigenvalue weighted by atomic mass is 10.1. The Labute approximate surface area is 142 Å². The van der Waals surface area contributed by atoms with Crippen LogP contribution in [0.4, 0.5) is 16.2 Å². The first-order chi connectivity index (χ1) is 11.4. The number of hydrogen-bond donors (Lipinski definition) is 3. The quantitative estimate of drug-likeness (QED) is 0.750. The first-order valence-corrected chi connectivity index (χ1v) is 9.13. The van der Waals surface area contributed by atoms with Gasteiger partial charge in [-0.15, -0.1) is 0 Å². The molecule has 7 heteroatoms. The van der Waals surface area contributed by atoms with Crippen LogP contribution in [0.1, 0.15) is 18.9 Å². The summed E-state index contributed by atoms with van der Waals surface area (Å²) < 4.78 is 27.3. The zero-order chi connectivity index (χ0) is 17.6. The van der Waals surface area contributed by atoms with Crippen LogP contribution in [0, 0.1) is 0 Å². The number of carbonyl (C=O) groups is 1. The minimum absolute atomic E-state index is 0.218. The Kier molecular flexibility index (Phi) is 5.81. The fourth-order valence-electron chi connectivity index (χ4n) is 2.15. The Hall–Kier alpha value is -2.54. The van der Waals surface area contributed by atoms with Crippen molar-refractivity contribution in [2.45, 2.75) is 24.7 Å². The van der Waals surface area contributed by atoms with Crippen LogP contribution < -0.4 is 15.4 Å². The summed E-state index contributed by atoms with van der Waals surface area (Å²) in [6.07, 6.45) is 1.94. The smallest absolute Gasteiger partial charge is 0.318 e. The summed E-state index contributed by atoms with van der Waals surface area (Å²) in [6, 6.07) is 13.0. The van der Waals surface area contributed by atoms with Crippen molar-refractivity contribution in [2.75, 3.05) is 17.1 Å². The number of amides is 2. The highest BCUT2D eigenvalue weighted by atomic mass is 32.2. The zero-order valence-electron chi connectivity index (χ0n) is 13.7. The van der Waals surface area contributed by atoms with E-state index in [9.17, 15) is 13.2 Å². The van der Waals surface area contributed by atoms with E-state index >= 15 is 0 Å². The molecule has 0 aromatic heterocycles. The molecule has 3 N–H and O–H groups in total. The van der Waals surface area contributed by atoms with Crippen LogP contribution in [0.5, 0.6) is 0 Å². The third-order valence-corrected chi connectivity index (χ3v) is 4.79. The molecule has 2 aromatic rings. The average Bonchev–Trinajstić information content (AvgIpc) is 2.57. The summed E-state index contributed by atoms with van der Waals surface area (Å²) in [5, 5.41) is 5.04. The normalized spacial score (nSPS) is 10.9. The van der Waals surface area contributed by atoms with E-state index in [-0.39, 0.29) is 10.9 Å². The lowest BCUT2D eigenvalue weighted by Gasteiger charge is -2.10. The predicted molar refractivity (Wildman–Crippen MR) is 95.8 cm³/mol. The molecule has 0 heterocycles. The maximum atomic E-state index is 12.4. The molecule has 128 valence electrons. The Balaban J connectivity index is 2.09. The fraction of sp³-hybridized carbons (Fsp3) is 0.235. The summed E-state index contributed by atoms with van der Waals surface area (Å²) >= 11 is 0. The van der Waals surface area contributed by atoms with Gasteiger partial charge in [0, 0.05) is 18.4 Å². The van der Waals surface area contributed by atoms with Gasteiger partial charge in [0.1, 0.15) is 0 Å². The molecule has 0 unspecified atom stereocenters. The molecule has 24 heavy (non-hydrogen) atoms. The number of aryl methyl sites for hydroxylation is 1. The van der Waals surface area contributed by atoms with E-state index in [1.54, 1.807) is 36.4 Å². The second-order valence-electron chi connectivity index (χ2n) is 5.28. The molecule has 0 fully saturated rings. The lowest BCUT2D eigenvalue weighted by Crippen LogP contribution is -2.24. The van der Waals surface area contributed by atoms with Crippen molar-refractivity contribution < 1.29 is 13.2 Å². The number of carbonyl (C=O) groups excluding carboxylic acids is 1. The number of rotatable bonds is 6. The van der Waals surface area contributed by atoms with Crippen LogP contribution in [0.2, 0.25) is 0 Å². The van der Waals surface area contributed by atoms with Crippen LogP contribution in [0.25, 0.3) is 0 Å². The van der Waals surface area contributed by atoms with Gasteiger partial charge in [0.25, 0.3) is 10.0 Å². The van der Waals surface area contributed by atoms with Gasteiger partial charge in [-0.2, -0.15) is 0 Å². The minimum Gasteiger partial charge on any atom is -0.341 e. The second-order valence-corrected chi connectivity index (χ2v) is 6.96. The van der Waals surface area contributed by atoms with Gasteiger partial charge in [-0.05, 0) is 48.4 Å². The van der Waals surface area contributed by atoms with Crippen LogP contribution in [0.3, 0.4) is 0 Å². The van der Waals surface area contributed by atoms with Crippen molar-refractivity contribution in [3.8, 4) is 0 Å². The highest BCUT2D eigenvalue weighted by molar-refractivity contribution is 7.92. The monoisotopic (exact) mass is 347 g/mol. The largest absolute Gasteiger partial charge is 0.341 e. The van der Waals surface area contributed by atoms with Gasteiger partial charge in [-0.3, -0.25) is 4.72 Å². The summed E-state index contributed by atoms with van der Waals surface area (Å²) in [5.41, 5.74) is 2.11. The molecule has 0 radical (unpaired) electrons. The number of urea groups is 1. The molecule has 6 nitrogen and oxygen atoms in total. The molecule has 0 aliphatic carbocycles. The third kappa shape index (κ3) is 4.73. The summed E-state index contributed by atoms with van der Waals surface area (Å²) in [7, 11) is -2.12. The molecule has 0 saturated carbocycles. The number of nitrogens with one attached hydrogen (secondary N) is 3. The average molecular weight is 347 g/mol. The van der Waals surface area contributed by atoms with E-state index in [1.165, 1.54) is 7.05 Å². The van der Waals surface area contributed by atoms with E-state index in [4.69, 9.17) is 0 Å². The Morgan fingerprint density at radius 1 is 0.958 bits per heavy atom. The second kappa shape index (κ2) is 7.83.